The second-order valence-corrected chi connectivity index (χ2v) is 8.30. The van der Waals surface area contributed by atoms with Crippen molar-refractivity contribution in [3.05, 3.63) is 58.5 Å². The van der Waals surface area contributed by atoms with E-state index < -0.39 is 35.3 Å². The molecule has 29 heavy (non-hydrogen) atoms. The van der Waals surface area contributed by atoms with Crippen LogP contribution in [0, 0.1) is 11.6 Å². The highest BCUT2D eigenvalue weighted by Crippen LogP contribution is 2.48. The van der Waals surface area contributed by atoms with Gasteiger partial charge in [0.05, 0.1) is 34.8 Å². The quantitative estimate of drug-likeness (QED) is 0.786. The minimum Gasteiger partial charge on any atom is -0.392 e. The zero-order chi connectivity index (χ0) is 20.7. The van der Waals surface area contributed by atoms with Crippen LogP contribution in [0.15, 0.2) is 35.6 Å². The number of anilines is 1. The zero-order valence-corrected chi connectivity index (χ0v) is 16.6. The van der Waals surface area contributed by atoms with E-state index in [0.29, 0.717) is 16.4 Å². The van der Waals surface area contributed by atoms with Crippen molar-refractivity contribution in [2.45, 2.75) is 36.5 Å². The number of nitrogens with zero attached hydrogens (tertiary/aromatic N) is 3. The van der Waals surface area contributed by atoms with Gasteiger partial charge >= 0.3 is 0 Å². The lowest BCUT2D eigenvalue weighted by Crippen LogP contribution is -2.32. The molecule has 4 unspecified atom stereocenters. The third kappa shape index (κ3) is 3.72. The molecule has 1 fully saturated rings. The van der Waals surface area contributed by atoms with Crippen molar-refractivity contribution < 1.29 is 17.9 Å². The van der Waals surface area contributed by atoms with Gasteiger partial charge in [-0.25, -0.2) is 13.2 Å². The van der Waals surface area contributed by atoms with Gasteiger partial charge in [-0.3, -0.25) is 4.68 Å². The van der Waals surface area contributed by atoms with E-state index in [0.717, 1.165) is 11.8 Å². The summed E-state index contributed by atoms with van der Waals surface area (Å²) in [7, 11) is 1.74. The summed E-state index contributed by atoms with van der Waals surface area (Å²) in [5.74, 6) is -1.32. The van der Waals surface area contributed by atoms with Crippen LogP contribution in [0.25, 0.3) is 0 Å². The van der Waals surface area contributed by atoms with E-state index in [1.165, 1.54) is 18.2 Å². The minimum absolute atomic E-state index is 0.0914. The Labute approximate surface area is 170 Å². The van der Waals surface area contributed by atoms with Crippen molar-refractivity contribution in [2.24, 2.45) is 18.5 Å². The Morgan fingerprint density at radius 3 is 2.72 bits per heavy atom. The molecule has 1 saturated heterocycles. The first kappa shape index (κ1) is 20.1. The van der Waals surface area contributed by atoms with Gasteiger partial charge < -0.3 is 21.1 Å². The fourth-order valence-corrected chi connectivity index (χ4v) is 4.82. The van der Waals surface area contributed by atoms with Crippen LogP contribution in [0.4, 0.5) is 18.9 Å². The zero-order valence-electron chi connectivity index (χ0n) is 15.8. The highest BCUT2D eigenvalue weighted by atomic mass is 32.2. The highest BCUT2D eigenvalue weighted by molar-refractivity contribution is 8.03. The average molecular weight is 425 g/mol. The second-order valence-electron chi connectivity index (χ2n) is 7.15. The fraction of sp³-hybridized carbons (Fsp3) is 0.421. The maximum absolute atomic E-state index is 14.5. The number of benzene rings is 1. The Bertz CT molecular complexity index is 916. The third-order valence-corrected chi connectivity index (χ3v) is 6.29. The summed E-state index contributed by atoms with van der Waals surface area (Å²) in [4.78, 5) is 1.68. The molecule has 0 aliphatic carbocycles. The van der Waals surface area contributed by atoms with E-state index in [1.54, 1.807) is 29.0 Å². The van der Waals surface area contributed by atoms with Gasteiger partial charge in [0.25, 0.3) is 0 Å². The summed E-state index contributed by atoms with van der Waals surface area (Å²) in [6, 6.07) is 3.08. The molecule has 1 aromatic carbocycles. The summed E-state index contributed by atoms with van der Waals surface area (Å²) >= 11 is 1.14. The predicted molar refractivity (Wildman–Crippen MR) is 105 cm³/mol. The molecule has 0 spiro atoms. The molecular weight excluding hydrogens is 403 g/mol. The summed E-state index contributed by atoms with van der Waals surface area (Å²) in [5, 5.41) is 3.97. The summed E-state index contributed by atoms with van der Waals surface area (Å²) < 4.78 is 50.5. The van der Waals surface area contributed by atoms with Crippen molar-refractivity contribution in [3.63, 3.8) is 0 Å². The van der Waals surface area contributed by atoms with E-state index in [4.69, 9.17) is 16.2 Å². The van der Waals surface area contributed by atoms with Crippen LogP contribution in [0.3, 0.4) is 0 Å². The fourth-order valence-electron chi connectivity index (χ4n) is 3.76. The molecule has 2 aromatic rings. The van der Waals surface area contributed by atoms with E-state index in [-0.39, 0.29) is 25.0 Å². The van der Waals surface area contributed by atoms with Crippen LogP contribution >= 0.6 is 11.8 Å². The molecule has 2 aliphatic rings. The van der Waals surface area contributed by atoms with Gasteiger partial charge in [-0.05, 0) is 18.6 Å². The van der Waals surface area contributed by atoms with Crippen LogP contribution in [-0.2, 0) is 11.8 Å². The number of rotatable bonds is 3. The molecule has 0 amide bonds. The predicted octanol–water partition coefficient (Wildman–Crippen LogP) is 3.22. The van der Waals surface area contributed by atoms with Gasteiger partial charge in [-0.2, -0.15) is 5.10 Å². The Morgan fingerprint density at radius 2 is 2.00 bits per heavy atom. The number of aryl methyl sites for hydroxylation is 1. The van der Waals surface area contributed by atoms with E-state index in [9.17, 15) is 13.2 Å². The molecule has 4 atom stereocenters. The van der Waals surface area contributed by atoms with Gasteiger partial charge in [0, 0.05) is 25.7 Å². The first-order chi connectivity index (χ1) is 13.9. The third-order valence-electron chi connectivity index (χ3n) is 5.22. The normalized spacial score (nSPS) is 27.8. The standard InChI is InChI=1S/C19H22F3N5OS/c1-26-18(15-7-13(23)10(20)5-6-28-15)14(8-25-26)27-9-16(24)29-19(27)17-11(21)3-2-4-12(17)22/h2-4,8-10,13,15,19H,5-7,23-24H2,1H3. The number of alkyl halides is 1. The van der Waals surface area contributed by atoms with Crippen LogP contribution in [-0.4, -0.2) is 28.6 Å². The topological polar surface area (TPSA) is 82.3 Å². The molecule has 2 aliphatic heterocycles. The van der Waals surface area contributed by atoms with Gasteiger partial charge in [0.15, 0.2) is 0 Å². The van der Waals surface area contributed by atoms with Gasteiger partial charge in [0.1, 0.15) is 29.3 Å². The SMILES string of the molecule is Cn1ncc(N2C=C(N)SC2c2c(F)cccc2F)c1C1CC(N)C(F)CCO1. The van der Waals surface area contributed by atoms with E-state index >= 15 is 0 Å². The van der Waals surface area contributed by atoms with Gasteiger partial charge in [-0.1, -0.05) is 17.8 Å². The summed E-state index contributed by atoms with van der Waals surface area (Å²) in [5.41, 5.74) is 13.1. The highest BCUT2D eigenvalue weighted by Gasteiger charge is 2.37. The van der Waals surface area contributed by atoms with E-state index in [2.05, 4.69) is 5.10 Å². The van der Waals surface area contributed by atoms with Crippen LogP contribution < -0.4 is 16.4 Å². The number of hydrogen-bond donors (Lipinski definition) is 2. The lowest BCUT2D eigenvalue weighted by molar-refractivity contribution is 0.0508. The molecule has 1 aromatic heterocycles. The molecule has 0 bridgehead atoms. The van der Waals surface area contributed by atoms with Crippen LogP contribution in [0.2, 0.25) is 0 Å². The molecule has 3 heterocycles. The number of thioether (sulfide) groups is 1. The maximum Gasteiger partial charge on any atom is 0.132 e. The monoisotopic (exact) mass is 425 g/mol. The maximum atomic E-state index is 14.5. The number of aromatic nitrogens is 2. The first-order valence-corrected chi connectivity index (χ1v) is 10.1. The smallest absolute Gasteiger partial charge is 0.132 e. The average Bonchev–Trinajstić information content (AvgIpc) is 3.18. The molecule has 4 N–H and O–H groups in total. The summed E-state index contributed by atoms with van der Waals surface area (Å²) in [6.07, 6.45) is 2.06. The van der Waals surface area contributed by atoms with Crippen molar-refractivity contribution >= 4 is 17.4 Å². The molecule has 6 nitrogen and oxygen atoms in total. The Balaban J connectivity index is 1.74. The molecule has 156 valence electrons. The number of ether oxygens (including phenoxy) is 1. The van der Waals surface area contributed by atoms with E-state index in [1.807, 2.05) is 0 Å². The van der Waals surface area contributed by atoms with Gasteiger partial charge in [0.2, 0.25) is 0 Å². The summed E-state index contributed by atoms with van der Waals surface area (Å²) in [6.45, 7) is 0.224. The number of hydrogen-bond acceptors (Lipinski definition) is 6. The van der Waals surface area contributed by atoms with Crippen molar-refractivity contribution in [1.29, 1.82) is 0 Å². The largest absolute Gasteiger partial charge is 0.392 e. The van der Waals surface area contributed by atoms with Crippen LogP contribution in [0.5, 0.6) is 0 Å². The molecule has 0 saturated carbocycles. The molecule has 4 rings (SSSR count). The number of halogens is 3. The minimum atomic E-state index is -1.14. The molecule has 0 radical (unpaired) electrons. The van der Waals surface area contributed by atoms with Crippen molar-refractivity contribution in [1.82, 2.24) is 9.78 Å². The van der Waals surface area contributed by atoms with Crippen LogP contribution in [0.1, 0.15) is 35.6 Å². The second kappa shape index (κ2) is 7.92. The Morgan fingerprint density at radius 1 is 1.28 bits per heavy atom. The first-order valence-electron chi connectivity index (χ1n) is 9.26. The number of nitrogens with two attached hydrogens (primary N) is 2. The Kier molecular flexibility index (Phi) is 5.50. The van der Waals surface area contributed by atoms with Crippen molar-refractivity contribution in [2.75, 3.05) is 11.5 Å². The lowest BCUT2D eigenvalue weighted by Gasteiger charge is -2.28. The molecular formula is C19H22F3N5OS. The Hall–Kier alpha value is -2.17. The molecule has 10 heteroatoms. The van der Waals surface area contributed by atoms with Crippen molar-refractivity contribution in [3.8, 4) is 0 Å². The van der Waals surface area contributed by atoms with Gasteiger partial charge in [-0.15, -0.1) is 0 Å². The lowest BCUT2D eigenvalue weighted by atomic mass is 10.0.